The molecule has 0 radical (unpaired) electrons. The SMILES string of the molecule is Cc1ccc(-c2nnc(SCC(=O)Nc3ccc(CN4CCCC4)cc3)o2)cc1. The molecule has 0 unspecified atom stereocenters. The van der Waals surface area contributed by atoms with Crippen LogP contribution in [0.25, 0.3) is 11.5 Å². The first-order valence-electron chi connectivity index (χ1n) is 9.80. The van der Waals surface area contributed by atoms with Crippen LogP contribution in [0.15, 0.2) is 58.2 Å². The molecule has 0 aliphatic carbocycles. The predicted octanol–water partition coefficient (Wildman–Crippen LogP) is 4.37. The lowest BCUT2D eigenvalue weighted by atomic mass is 10.1. The largest absolute Gasteiger partial charge is 0.411 e. The lowest BCUT2D eigenvalue weighted by Crippen LogP contribution is -2.18. The first-order chi connectivity index (χ1) is 14.2. The molecule has 2 heterocycles. The third kappa shape index (κ3) is 5.46. The first-order valence-corrected chi connectivity index (χ1v) is 10.8. The number of carbonyl (C=O) groups is 1. The van der Waals surface area contributed by atoms with Crippen molar-refractivity contribution in [3.8, 4) is 11.5 Å². The Bertz CT molecular complexity index is 948. The third-order valence-corrected chi connectivity index (χ3v) is 5.69. The summed E-state index contributed by atoms with van der Waals surface area (Å²) in [6.45, 7) is 5.36. The van der Waals surface area contributed by atoms with Crippen molar-refractivity contribution in [3.05, 3.63) is 59.7 Å². The molecule has 0 saturated carbocycles. The number of hydrogen-bond donors (Lipinski definition) is 1. The number of hydrogen-bond acceptors (Lipinski definition) is 6. The average molecular weight is 409 g/mol. The van der Waals surface area contributed by atoms with Crippen molar-refractivity contribution in [3.63, 3.8) is 0 Å². The molecule has 6 nitrogen and oxygen atoms in total. The van der Waals surface area contributed by atoms with Gasteiger partial charge in [-0.15, -0.1) is 10.2 Å². The van der Waals surface area contributed by atoms with Gasteiger partial charge < -0.3 is 9.73 Å². The van der Waals surface area contributed by atoms with Crippen LogP contribution in [0.3, 0.4) is 0 Å². The maximum absolute atomic E-state index is 12.2. The number of aromatic nitrogens is 2. The number of nitrogens with zero attached hydrogens (tertiary/aromatic N) is 3. The zero-order valence-electron chi connectivity index (χ0n) is 16.4. The van der Waals surface area contributed by atoms with Crippen LogP contribution in [-0.2, 0) is 11.3 Å². The van der Waals surface area contributed by atoms with Gasteiger partial charge in [0.2, 0.25) is 11.8 Å². The molecule has 0 atom stereocenters. The number of anilines is 1. The van der Waals surface area contributed by atoms with Gasteiger partial charge in [0.15, 0.2) is 0 Å². The fraction of sp³-hybridized carbons (Fsp3) is 0.318. The Morgan fingerprint density at radius 3 is 2.52 bits per heavy atom. The number of carbonyl (C=O) groups excluding carboxylic acids is 1. The quantitative estimate of drug-likeness (QED) is 0.585. The fourth-order valence-corrected chi connectivity index (χ4v) is 3.86. The summed E-state index contributed by atoms with van der Waals surface area (Å²) < 4.78 is 5.65. The van der Waals surface area contributed by atoms with E-state index in [-0.39, 0.29) is 11.7 Å². The molecule has 0 spiro atoms. The van der Waals surface area contributed by atoms with Crippen LogP contribution in [0.5, 0.6) is 0 Å². The first kappa shape index (κ1) is 19.7. The number of rotatable bonds is 7. The summed E-state index contributed by atoms with van der Waals surface area (Å²) in [6, 6.07) is 15.9. The van der Waals surface area contributed by atoms with Crippen LogP contribution in [0.2, 0.25) is 0 Å². The highest BCUT2D eigenvalue weighted by Crippen LogP contribution is 2.23. The number of aryl methyl sites for hydroxylation is 1. The molecule has 1 amide bonds. The standard InChI is InChI=1S/C22H24N4O2S/c1-16-4-8-18(9-5-16)21-24-25-22(28-21)29-15-20(27)23-19-10-6-17(7-11-19)14-26-12-2-3-13-26/h4-11H,2-3,12-15H2,1H3,(H,23,27). The van der Waals surface area contributed by atoms with E-state index in [1.54, 1.807) is 0 Å². The minimum atomic E-state index is -0.0996. The van der Waals surface area contributed by atoms with Crippen LogP contribution in [0.4, 0.5) is 5.69 Å². The molecule has 29 heavy (non-hydrogen) atoms. The highest BCUT2D eigenvalue weighted by Gasteiger charge is 2.13. The number of amides is 1. The topological polar surface area (TPSA) is 71.3 Å². The van der Waals surface area contributed by atoms with Crippen LogP contribution < -0.4 is 5.32 Å². The van der Waals surface area contributed by atoms with Crippen LogP contribution in [-0.4, -0.2) is 39.8 Å². The normalized spacial score (nSPS) is 14.2. The van der Waals surface area contributed by atoms with Gasteiger partial charge in [0, 0.05) is 17.8 Å². The molecular formula is C22H24N4O2S. The van der Waals surface area contributed by atoms with Gasteiger partial charge in [-0.25, -0.2) is 0 Å². The lowest BCUT2D eigenvalue weighted by Gasteiger charge is -2.14. The molecule has 1 aromatic heterocycles. The van der Waals surface area contributed by atoms with E-state index in [4.69, 9.17) is 4.42 Å². The lowest BCUT2D eigenvalue weighted by molar-refractivity contribution is -0.113. The van der Waals surface area contributed by atoms with Gasteiger partial charge in [-0.3, -0.25) is 9.69 Å². The summed E-state index contributed by atoms with van der Waals surface area (Å²) in [5, 5.41) is 11.4. The number of benzene rings is 2. The Morgan fingerprint density at radius 2 is 1.79 bits per heavy atom. The summed E-state index contributed by atoms with van der Waals surface area (Å²) in [4.78, 5) is 14.7. The molecular weight excluding hydrogens is 384 g/mol. The van der Waals surface area contributed by atoms with Crippen molar-refractivity contribution in [2.45, 2.75) is 31.5 Å². The molecule has 1 fully saturated rings. The number of likely N-dealkylation sites (tertiary alicyclic amines) is 1. The molecule has 2 aromatic carbocycles. The summed E-state index contributed by atoms with van der Waals surface area (Å²) in [5.74, 6) is 0.573. The molecule has 150 valence electrons. The zero-order chi connectivity index (χ0) is 20.1. The van der Waals surface area contributed by atoms with Gasteiger partial charge in [0.25, 0.3) is 5.22 Å². The molecule has 0 bridgehead atoms. The minimum Gasteiger partial charge on any atom is -0.411 e. The molecule has 1 saturated heterocycles. The van der Waals surface area contributed by atoms with Crippen LogP contribution in [0, 0.1) is 6.92 Å². The van der Waals surface area contributed by atoms with Crippen molar-refractivity contribution in [1.29, 1.82) is 0 Å². The van der Waals surface area contributed by atoms with Gasteiger partial charge in [0.1, 0.15) is 0 Å². The maximum Gasteiger partial charge on any atom is 0.277 e. The molecule has 7 heteroatoms. The Kier molecular flexibility index (Phi) is 6.27. The van der Waals surface area contributed by atoms with E-state index in [0.717, 1.165) is 17.8 Å². The summed E-state index contributed by atoms with van der Waals surface area (Å²) in [7, 11) is 0. The highest BCUT2D eigenvalue weighted by molar-refractivity contribution is 7.99. The van der Waals surface area contributed by atoms with E-state index in [1.165, 1.54) is 48.8 Å². The Labute approximate surface area is 174 Å². The van der Waals surface area contributed by atoms with Crippen molar-refractivity contribution in [2.24, 2.45) is 0 Å². The van der Waals surface area contributed by atoms with E-state index in [1.807, 2.05) is 43.3 Å². The molecule has 1 aliphatic heterocycles. The van der Waals surface area contributed by atoms with E-state index < -0.39 is 0 Å². The predicted molar refractivity (Wildman–Crippen MR) is 115 cm³/mol. The second-order valence-electron chi connectivity index (χ2n) is 7.26. The Balaban J connectivity index is 1.26. The van der Waals surface area contributed by atoms with E-state index in [2.05, 4.69) is 32.5 Å². The monoisotopic (exact) mass is 408 g/mol. The molecule has 1 aliphatic rings. The number of nitrogens with one attached hydrogen (secondary N) is 1. The second-order valence-corrected chi connectivity index (χ2v) is 8.18. The number of thioether (sulfide) groups is 1. The van der Waals surface area contributed by atoms with E-state index in [9.17, 15) is 4.79 Å². The van der Waals surface area contributed by atoms with Crippen molar-refractivity contribution >= 4 is 23.4 Å². The van der Waals surface area contributed by atoms with Crippen molar-refractivity contribution in [1.82, 2.24) is 15.1 Å². The average Bonchev–Trinajstić information content (AvgIpc) is 3.41. The maximum atomic E-state index is 12.2. The smallest absolute Gasteiger partial charge is 0.277 e. The van der Waals surface area contributed by atoms with Crippen LogP contribution in [0.1, 0.15) is 24.0 Å². The Hall–Kier alpha value is -2.64. The van der Waals surface area contributed by atoms with Crippen molar-refractivity contribution in [2.75, 3.05) is 24.2 Å². The van der Waals surface area contributed by atoms with Gasteiger partial charge in [-0.2, -0.15) is 0 Å². The highest BCUT2D eigenvalue weighted by atomic mass is 32.2. The van der Waals surface area contributed by atoms with Crippen LogP contribution >= 0.6 is 11.8 Å². The van der Waals surface area contributed by atoms with Gasteiger partial charge in [-0.05, 0) is 62.7 Å². The van der Waals surface area contributed by atoms with Crippen molar-refractivity contribution < 1.29 is 9.21 Å². The van der Waals surface area contributed by atoms with Gasteiger partial charge in [-0.1, -0.05) is 41.6 Å². The van der Waals surface area contributed by atoms with E-state index >= 15 is 0 Å². The summed E-state index contributed by atoms with van der Waals surface area (Å²) in [5.41, 5.74) is 4.11. The summed E-state index contributed by atoms with van der Waals surface area (Å²) in [6.07, 6.45) is 2.58. The fourth-order valence-electron chi connectivity index (χ4n) is 3.30. The molecule has 4 rings (SSSR count). The third-order valence-electron chi connectivity index (χ3n) is 4.87. The zero-order valence-corrected chi connectivity index (χ0v) is 17.2. The molecule has 3 aromatic rings. The van der Waals surface area contributed by atoms with Gasteiger partial charge in [0.05, 0.1) is 5.75 Å². The Morgan fingerprint density at radius 1 is 1.07 bits per heavy atom. The van der Waals surface area contributed by atoms with Gasteiger partial charge >= 0.3 is 0 Å². The van der Waals surface area contributed by atoms with E-state index in [0.29, 0.717) is 11.1 Å². The minimum absolute atomic E-state index is 0.0996. The molecule has 1 N–H and O–H groups in total. The summed E-state index contributed by atoms with van der Waals surface area (Å²) >= 11 is 1.23. The second kappa shape index (κ2) is 9.24.